The van der Waals surface area contributed by atoms with Gasteiger partial charge in [-0.3, -0.25) is 4.79 Å². The Morgan fingerprint density at radius 2 is 1.93 bits per heavy atom. The molecule has 0 bridgehead atoms. The number of benzene rings is 1. The van der Waals surface area contributed by atoms with E-state index in [4.69, 9.17) is 31.5 Å². The molecule has 1 heterocycles. The van der Waals surface area contributed by atoms with Crippen LogP contribution in [0.5, 0.6) is 0 Å². The van der Waals surface area contributed by atoms with E-state index in [0.29, 0.717) is 21.9 Å². The maximum atomic E-state index is 12.8. The minimum absolute atomic E-state index is 0.215. The zero-order valence-electron chi connectivity index (χ0n) is 15.9. The topological polar surface area (TPSA) is 99.9 Å². The summed E-state index contributed by atoms with van der Waals surface area (Å²) in [4.78, 5) is 25.4. The molecule has 8 heteroatoms. The molecule has 7 nitrogen and oxygen atoms in total. The molecule has 0 aromatic heterocycles. The molecule has 3 atom stereocenters. The largest absolute Gasteiger partial charge is 0.469 e. The fourth-order valence-corrected chi connectivity index (χ4v) is 3.83. The third kappa shape index (κ3) is 4.10. The van der Waals surface area contributed by atoms with Crippen molar-refractivity contribution in [1.29, 1.82) is 0 Å². The number of esters is 2. The SMILES string of the molecule is COC(=O)C1=C(C)N[C@@](C)(OCCN)[C@H](C(=O)OC)[C@H]1c1ccccc1Cl. The van der Waals surface area contributed by atoms with E-state index in [-0.39, 0.29) is 13.2 Å². The Morgan fingerprint density at radius 3 is 2.48 bits per heavy atom. The van der Waals surface area contributed by atoms with Crippen molar-refractivity contribution in [3.8, 4) is 0 Å². The summed E-state index contributed by atoms with van der Waals surface area (Å²) in [6.07, 6.45) is 0. The molecule has 0 unspecified atom stereocenters. The van der Waals surface area contributed by atoms with E-state index >= 15 is 0 Å². The average molecular weight is 397 g/mol. The van der Waals surface area contributed by atoms with Crippen LogP contribution < -0.4 is 11.1 Å². The molecule has 0 spiro atoms. The van der Waals surface area contributed by atoms with Crippen LogP contribution in [0.25, 0.3) is 0 Å². The monoisotopic (exact) mass is 396 g/mol. The quantitative estimate of drug-likeness (QED) is 0.709. The number of allylic oxidation sites excluding steroid dienone is 1. The molecule has 1 aliphatic rings. The van der Waals surface area contributed by atoms with Gasteiger partial charge in [-0.1, -0.05) is 29.8 Å². The zero-order chi connectivity index (χ0) is 20.2. The fourth-order valence-electron chi connectivity index (χ4n) is 3.57. The lowest BCUT2D eigenvalue weighted by molar-refractivity contribution is -0.166. The molecule has 0 saturated heterocycles. The summed E-state index contributed by atoms with van der Waals surface area (Å²) >= 11 is 6.42. The van der Waals surface area contributed by atoms with Gasteiger partial charge in [0.05, 0.1) is 26.4 Å². The predicted octanol–water partition coefficient (Wildman–Crippen LogP) is 1.95. The van der Waals surface area contributed by atoms with Crippen molar-refractivity contribution in [2.45, 2.75) is 25.5 Å². The van der Waals surface area contributed by atoms with Crippen LogP contribution in [0, 0.1) is 5.92 Å². The standard InChI is InChI=1S/C19H25ClN2O5/c1-11-14(17(23)25-3)15(12-7-5-6-8-13(12)20)16(18(24)26-4)19(2,22-11)27-10-9-21/h5-8,15-16,22H,9-10,21H2,1-4H3/t15-,16-,19-/m0/s1. The van der Waals surface area contributed by atoms with Gasteiger partial charge in [-0.15, -0.1) is 0 Å². The van der Waals surface area contributed by atoms with Gasteiger partial charge in [-0.25, -0.2) is 4.79 Å². The minimum Gasteiger partial charge on any atom is -0.469 e. The van der Waals surface area contributed by atoms with Crippen molar-refractivity contribution in [1.82, 2.24) is 5.32 Å². The van der Waals surface area contributed by atoms with Crippen molar-refractivity contribution in [2.75, 3.05) is 27.4 Å². The van der Waals surface area contributed by atoms with Crippen molar-refractivity contribution in [3.63, 3.8) is 0 Å². The highest BCUT2D eigenvalue weighted by Gasteiger charge is 2.53. The highest BCUT2D eigenvalue weighted by atomic mass is 35.5. The van der Waals surface area contributed by atoms with Gasteiger partial charge in [0.25, 0.3) is 0 Å². The van der Waals surface area contributed by atoms with E-state index in [0.717, 1.165) is 0 Å². The van der Waals surface area contributed by atoms with E-state index < -0.39 is 29.5 Å². The first-order valence-corrected chi connectivity index (χ1v) is 8.92. The molecule has 148 valence electrons. The van der Waals surface area contributed by atoms with Crippen LogP contribution in [0.2, 0.25) is 5.02 Å². The maximum absolute atomic E-state index is 12.8. The van der Waals surface area contributed by atoms with Gasteiger partial charge in [0.1, 0.15) is 11.6 Å². The maximum Gasteiger partial charge on any atom is 0.336 e. The Morgan fingerprint density at radius 1 is 1.26 bits per heavy atom. The molecule has 3 N–H and O–H groups in total. The summed E-state index contributed by atoms with van der Waals surface area (Å²) in [7, 11) is 2.58. The van der Waals surface area contributed by atoms with E-state index in [1.54, 1.807) is 38.1 Å². The second-order valence-electron chi connectivity index (χ2n) is 6.40. The van der Waals surface area contributed by atoms with Crippen LogP contribution in [-0.4, -0.2) is 45.0 Å². The Bertz CT molecular complexity index is 751. The van der Waals surface area contributed by atoms with Crippen molar-refractivity contribution in [2.24, 2.45) is 11.7 Å². The first-order chi connectivity index (χ1) is 12.8. The Kier molecular flexibility index (Phi) is 6.86. The number of carbonyl (C=O) groups is 2. The lowest BCUT2D eigenvalue weighted by atomic mass is 9.72. The smallest absolute Gasteiger partial charge is 0.336 e. The number of nitrogens with one attached hydrogen (secondary N) is 1. The molecule has 1 aromatic carbocycles. The number of hydrogen-bond donors (Lipinski definition) is 2. The van der Waals surface area contributed by atoms with Gasteiger partial charge >= 0.3 is 11.9 Å². The number of methoxy groups -OCH3 is 2. The lowest BCUT2D eigenvalue weighted by Gasteiger charge is -2.46. The zero-order valence-corrected chi connectivity index (χ0v) is 16.6. The van der Waals surface area contributed by atoms with Crippen LogP contribution in [-0.2, 0) is 23.8 Å². The summed E-state index contributed by atoms with van der Waals surface area (Å²) in [5, 5.41) is 3.56. The first-order valence-electron chi connectivity index (χ1n) is 8.54. The molecular formula is C19H25ClN2O5. The van der Waals surface area contributed by atoms with Gasteiger partial charge in [-0.2, -0.15) is 0 Å². The van der Waals surface area contributed by atoms with E-state index in [1.165, 1.54) is 14.2 Å². The second-order valence-corrected chi connectivity index (χ2v) is 6.81. The van der Waals surface area contributed by atoms with Crippen LogP contribution in [0.15, 0.2) is 35.5 Å². The van der Waals surface area contributed by atoms with Crippen LogP contribution in [0.1, 0.15) is 25.3 Å². The van der Waals surface area contributed by atoms with E-state index in [1.807, 2.05) is 0 Å². The second kappa shape index (κ2) is 8.73. The van der Waals surface area contributed by atoms with Gasteiger partial charge < -0.3 is 25.3 Å². The molecule has 1 aliphatic heterocycles. The third-order valence-corrected chi connectivity index (χ3v) is 5.04. The molecule has 1 aromatic rings. The summed E-state index contributed by atoms with van der Waals surface area (Å²) in [6.45, 7) is 3.95. The van der Waals surface area contributed by atoms with Crippen molar-refractivity contribution in [3.05, 3.63) is 46.1 Å². The Labute approximate surface area is 163 Å². The molecular weight excluding hydrogens is 372 g/mol. The van der Waals surface area contributed by atoms with Crippen LogP contribution in [0.3, 0.4) is 0 Å². The van der Waals surface area contributed by atoms with Gasteiger partial charge in [0.2, 0.25) is 0 Å². The number of hydrogen-bond acceptors (Lipinski definition) is 7. The van der Waals surface area contributed by atoms with Crippen molar-refractivity contribution < 1.29 is 23.8 Å². The first kappa shape index (κ1) is 21.2. The lowest BCUT2D eigenvalue weighted by Crippen LogP contribution is -2.59. The molecule has 0 aliphatic carbocycles. The van der Waals surface area contributed by atoms with Crippen molar-refractivity contribution >= 4 is 23.5 Å². The molecule has 27 heavy (non-hydrogen) atoms. The molecule has 2 rings (SSSR count). The number of halogens is 1. The number of ether oxygens (including phenoxy) is 3. The van der Waals surface area contributed by atoms with Crippen LogP contribution in [0.4, 0.5) is 0 Å². The normalized spacial score (nSPS) is 25.0. The van der Waals surface area contributed by atoms with Gasteiger partial charge in [0.15, 0.2) is 0 Å². The summed E-state index contributed by atoms with van der Waals surface area (Å²) in [5.41, 5.74) is 5.87. The molecule has 0 radical (unpaired) electrons. The van der Waals surface area contributed by atoms with Crippen LogP contribution >= 0.6 is 11.6 Å². The molecule has 0 fully saturated rings. The Hall–Kier alpha value is -2.09. The molecule has 0 amide bonds. The summed E-state index contributed by atoms with van der Waals surface area (Å²) in [5.74, 6) is -2.71. The minimum atomic E-state index is -1.15. The average Bonchev–Trinajstić information content (AvgIpc) is 2.65. The van der Waals surface area contributed by atoms with E-state index in [9.17, 15) is 9.59 Å². The number of carbonyl (C=O) groups excluding carboxylic acids is 2. The fraction of sp³-hybridized carbons (Fsp3) is 0.474. The number of nitrogens with two attached hydrogens (primary N) is 1. The third-order valence-electron chi connectivity index (χ3n) is 4.70. The highest BCUT2D eigenvalue weighted by Crippen LogP contribution is 2.46. The summed E-state index contributed by atoms with van der Waals surface area (Å²) < 4.78 is 15.9. The van der Waals surface area contributed by atoms with Gasteiger partial charge in [0, 0.05) is 23.2 Å². The van der Waals surface area contributed by atoms with Gasteiger partial charge in [-0.05, 0) is 25.5 Å². The summed E-state index contributed by atoms with van der Waals surface area (Å²) in [6, 6.07) is 7.04. The predicted molar refractivity (Wildman–Crippen MR) is 101 cm³/mol. The Balaban J connectivity index is 2.74. The van der Waals surface area contributed by atoms with E-state index in [2.05, 4.69) is 5.32 Å². The number of rotatable bonds is 6. The molecule has 0 saturated carbocycles. The highest BCUT2D eigenvalue weighted by molar-refractivity contribution is 6.31.